The highest BCUT2D eigenvalue weighted by molar-refractivity contribution is 4.87. The maximum atomic E-state index is 9.97. The van der Waals surface area contributed by atoms with E-state index >= 15 is 0 Å². The Morgan fingerprint density at radius 1 is 0.885 bits per heavy atom. The molecule has 1 heterocycles. The van der Waals surface area contributed by atoms with Gasteiger partial charge in [-0.05, 0) is 32.1 Å². The first kappa shape index (κ1) is 23.6. The molecular weight excluding hydrogens is 332 g/mol. The maximum absolute atomic E-state index is 9.97. The summed E-state index contributed by atoms with van der Waals surface area (Å²) in [6.07, 6.45) is 14.9. The number of allylic oxidation sites excluding steroid dienone is 2. The van der Waals surface area contributed by atoms with Gasteiger partial charge in [-0.25, -0.2) is 0 Å². The number of unbranched alkanes of at least 4 members (excludes halogenated alkanes) is 9. The van der Waals surface area contributed by atoms with E-state index in [0.717, 1.165) is 19.3 Å². The second kappa shape index (κ2) is 15.6. The molecule has 4 atom stereocenters. The standard InChI is InChI=1S/C21H40O5/c1-2-3-4-5-6-7-8-9-10-11-12-13-14-15-25-19-17-26-18(16-22)20(23)21(19)24/h10-11,18-24H,2-9,12-17H2,1H3/b11-10+/t18-,19+,20-,21-/m1/s1. The van der Waals surface area contributed by atoms with Gasteiger partial charge < -0.3 is 24.8 Å². The van der Waals surface area contributed by atoms with Gasteiger partial charge in [0, 0.05) is 6.61 Å². The average molecular weight is 373 g/mol. The van der Waals surface area contributed by atoms with Crippen LogP contribution in [0.3, 0.4) is 0 Å². The number of hydrogen-bond donors (Lipinski definition) is 3. The quantitative estimate of drug-likeness (QED) is 0.303. The van der Waals surface area contributed by atoms with Crippen LogP contribution in [0.5, 0.6) is 0 Å². The number of aliphatic hydroxyl groups excluding tert-OH is 3. The van der Waals surface area contributed by atoms with Crippen LogP contribution >= 0.6 is 0 Å². The lowest BCUT2D eigenvalue weighted by Gasteiger charge is -2.36. The summed E-state index contributed by atoms with van der Waals surface area (Å²) in [5.41, 5.74) is 0. The molecule has 1 aliphatic rings. The summed E-state index contributed by atoms with van der Waals surface area (Å²) in [6.45, 7) is 2.72. The van der Waals surface area contributed by atoms with Crippen LogP contribution in [0, 0.1) is 0 Å². The van der Waals surface area contributed by atoms with Crippen molar-refractivity contribution in [1.82, 2.24) is 0 Å². The molecule has 154 valence electrons. The third-order valence-electron chi connectivity index (χ3n) is 5.00. The fraction of sp³-hybridized carbons (Fsp3) is 0.905. The average Bonchev–Trinajstić information content (AvgIpc) is 2.65. The van der Waals surface area contributed by atoms with Crippen molar-refractivity contribution in [3.63, 3.8) is 0 Å². The Kier molecular flexibility index (Phi) is 14.1. The predicted molar refractivity (Wildman–Crippen MR) is 104 cm³/mol. The van der Waals surface area contributed by atoms with E-state index in [1.54, 1.807) is 0 Å². The zero-order valence-corrected chi connectivity index (χ0v) is 16.5. The molecule has 5 heteroatoms. The third-order valence-corrected chi connectivity index (χ3v) is 5.00. The van der Waals surface area contributed by atoms with E-state index in [4.69, 9.17) is 14.6 Å². The van der Waals surface area contributed by atoms with Crippen molar-refractivity contribution in [2.24, 2.45) is 0 Å². The van der Waals surface area contributed by atoms with Crippen LogP contribution in [-0.2, 0) is 9.47 Å². The summed E-state index contributed by atoms with van der Waals surface area (Å²) in [5.74, 6) is 0. The van der Waals surface area contributed by atoms with Crippen LogP contribution in [0.25, 0.3) is 0 Å². The van der Waals surface area contributed by atoms with Crippen molar-refractivity contribution < 1.29 is 24.8 Å². The minimum Gasteiger partial charge on any atom is -0.394 e. The molecule has 0 aromatic rings. The molecule has 1 saturated heterocycles. The van der Waals surface area contributed by atoms with Gasteiger partial charge in [-0.2, -0.15) is 0 Å². The zero-order chi connectivity index (χ0) is 19.0. The molecule has 26 heavy (non-hydrogen) atoms. The second-order valence-electron chi connectivity index (χ2n) is 7.32. The third kappa shape index (κ3) is 10.0. The summed E-state index contributed by atoms with van der Waals surface area (Å²) in [7, 11) is 0. The van der Waals surface area contributed by atoms with Crippen LogP contribution in [0.4, 0.5) is 0 Å². The molecule has 0 spiro atoms. The summed E-state index contributed by atoms with van der Waals surface area (Å²) in [4.78, 5) is 0. The lowest BCUT2D eigenvalue weighted by Crippen LogP contribution is -2.55. The molecule has 3 N–H and O–H groups in total. The van der Waals surface area contributed by atoms with Gasteiger partial charge >= 0.3 is 0 Å². The topological polar surface area (TPSA) is 79.2 Å². The van der Waals surface area contributed by atoms with Crippen molar-refractivity contribution in [3.05, 3.63) is 12.2 Å². The number of rotatable bonds is 15. The van der Waals surface area contributed by atoms with Crippen molar-refractivity contribution in [3.8, 4) is 0 Å². The molecule has 0 radical (unpaired) electrons. The van der Waals surface area contributed by atoms with Gasteiger partial charge in [0.1, 0.15) is 24.4 Å². The van der Waals surface area contributed by atoms with E-state index in [2.05, 4.69) is 19.1 Å². The first-order valence-corrected chi connectivity index (χ1v) is 10.6. The van der Waals surface area contributed by atoms with Crippen molar-refractivity contribution >= 4 is 0 Å². The first-order valence-electron chi connectivity index (χ1n) is 10.6. The zero-order valence-electron chi connectivity index (χ0n) is 16.5. The highest BCUT2D eigenvalue weighted by Crippen LogP contribution is 2.18. The number of ether oxygens (including phenoxy) is 2. The van der Waals surface area contributed by atoms with E-state index < -0.39 is 24.4 Å². The van der Waals surface area contributed by atoms with Gasteiger partial charge in [-0.15, -0.1) is 0 Å². The van der Waals surface area contributed by atoms with E-state index in [1.807, 2.05) is 0 Å². The lowest BCUT2D eigenvalue weighted by atomic mass is 10.0. The van der Waals surface area contributed by atoms with E-state index in [1.165, 1.54) is 51.4 Å². The van der Waals surface area contributed by atoms with Crippen molar-refractivity contribution in [2.45, 2.75) is 102 Å². The lowest BCUT2D eigenvalue weighted by molar-refractivity contribution is -0.208. The molecule has 0 saturated carbocycles. The van der Waals surface area contributed by atoms with Gasteiger partial charge in [0.25, 0.3) is 0 Å². The molecule has 5 nitrogen and oxygen atoms in total. The molecule has 1 rings (SSSR count). The van der Waals surface area contributed by atoms with Gasteiger partial charge in [-0.3, -0.25) is 0 Å². The normalized spacial score (nSPS) is 26.6. The highest BCUT2D eigenvalue weighted by atomic mass is 16.6. The van der Waals surface area contributed by atoms with E-state index in [9.17, 15) is 10.2 Å². The van der Waals surface area contributed by atoms with Crippen LogP contribution in [0.2, 0.25) is 0 Å². The van der Waals surface area contributed by atoms with Crippen molar-refractivity contribution in [1.29, 1.82) is 0 Å². The molecule has 0 amide bonds. The molecule has 0 bridgehead atoms. The molecular formula is C21H40O5. The monoisotopic (exact) mass is 372 g/mol. The Balaban J connectivity index is 1.91. The Morgan fingerprint density at radius 2 is 1.50 bits per heavy atom. The van der Waals surface area contributed by atoms with Crippen LogP contribution in [0.15, 0.2) is 12.2 Å². The highest BCUT2D eigenvalue weighted by Gasteiger charge is 2.38. The van der Waals surface area contributed by atoms with E-state index in [-0.39, 0.29) is 13.2 Å². The van der Waals surface area contributed by atoms with Gasteiger partial charge in [-0.1, -0.05) is 57.6 Å². The molecule has 0 aliphatic carbocycles. The SMILES string of the molecule is CCCCCCCCC/C=C/CCCCO[C@H]1CO[C@H](CO)[C@@H](O)[C@@H]1O. The summed E-state index contributed by atoms with van der Waals surface area (Å²) in [5, 5.41) is 28.8. The Hall–Kier alpha value is -0.460. The summed E-state index contributed by atoms with van der Waals surface area (Å²) in [6, 6.07) is 0. The van der Waals surface area contributed by atoms with Gasteiger partial charge in [0.05, 0.1) is 13.2 Å². The van der Waals surface area contributed by atoms with Crippen LogP contribution < -0.4 is 0 Å². The minimum absolute atomic E-state index is 0.210. The Labute approximate surface area is 159 Å². The molecule has 0 aromatic carbocycles. The summed E-state index contributed by atoms with van der Waals surface area (Å²) >= 11 is 0. The molecule has 0 aromatic heterocycles. The fourth-order valence-corrected chi connectivity index (χ4v) is 3.22. The Morgan fingerprint density at radius 3 is 2.15 bits per heavy atom. The van der Waals surface area contributed by atoms with Gasteiger partial charge in [0.2, 0.25) is 0 Å². The summed E-state index contributed by atoms with van der Waals surface area (Å²) < 4.78 is 10.9. The molecule has 1 fully saturated rings. The number of hydrogen-bond acceptors (Lipinski definition) is 5. The second-order valence-corrected chi connectivity index (χ2v) is 7.32. The van der Waals surface area contributed by atoms with E-state index in [0.29, 0.717) is 6.61 Å². The predicted octanol–water partition coefficient (Wildman–Crippen LogP) is 3.35. The largest absolute Gasteiger partial charge is 0.394 e. The first-order chi connectivity index (χ1) is 12.7. The van der Waals surface area contributed by atoms with Crippen LogP contribution in [0.1, 0.15) is 77.6 Å². The smallest absolute Gasteiger partial charge is 0.111 e. The fourth-order valence-electron chi connectivity index (χ4n) is 3.22. The van der Waals surface area contributed by atoms with Gasteiger partial charge in [0.15, 0.2) is 0 Å². The maximum Gasteiger partial charge on any atom is 0.111 e. The van der Waals surface area contributed by atoms with Crippen molar-refractivity contribution in [2.75, 3.05) is 19.8 Å². The minimum atomic E-state index is -1.09. The van der Waals surface area contributed by atoms with Crippen LogP contribution in [-0.4, -0.2) is 59.6 Å². The number of aliphatic hydroxyl groups is 3. The molecule has 0 unspecified atom stereocenters. The Bertz CT molecular complexity index is 347. The molecule has 1 aliphatic heterocycles.